The number of phenolic OH excluding ortho intramolecular Hbond substituents is 1. The monoisotopic (exact) mass is 673 g/mol. The second kappa shape index (κ2) is 9.77. The summed E-state index contributed by atoms with van der Waals surface area (Å²) in [5, 5.41) is 13.6. The summed E-state index contributed by atoms with van der Waals surface area (Å²) >= 11 is 0. The van der Waals surface area contributed by atoms with Gasteiger partial charge in [0.15, 0.2) is 0 Å². The van der Waals surface area contributed by atoms with E-state index in [0.717, 1.165) is 44.1 Å². The van der Waals surface area contributed by atoms with E-state index in [1.165, 1.54) is 0 Å². The zero-order valence-electron chi connectivity index (χ0n) is 20.0. The second-order valence-electron chi connectivity index (χ2n) is 8.77. The van der Waals surface area contributed by atoms with Gasteiger partial charge in [-0.2, -0.15) is 6.07 Å². The zero-order chi connectivity index (χ0) is 24.8. The fraction of sp³-hybridized carbons (Fsp3) is 0. The van der Waals surface area contributed by atoms with Gasteiger partial charge in [0.1, 0.15) is 17.1 Å². The average molecular weight is 674 g/mol. The Bertz CT molecular complexity index is 1920. The second-order valence-corrected chi connectivity index (χ2v) is 8.77. The molecule has 5 nitrogen and oxygen atoms in total. The standard InChI is InChI=1S/C32H20N3O2.Pt/c36-29-17-15-23(21-8-2-1-3-9-21)26-16-18-31(34-32(26)29)37-22-13-14-25-24-10-4-5-11-27(24)35(28(25)20-22)30-12-6-7-19-33-30;/h1-19,36H;/q-1;. The molecule has 7 rings (SSSR count). The molecule has 3 aromatic heterocycles. The number of fused-ring (bicyclic) bond motifs is 4. The molecule has 0 bridgehead atoms. The van der Waals surface area contributed by atoms with Crippen molar-refractivity contribution in [2.75, 3.05) is 0 Å². The zero-order valence-corrected chi connectivity index (χ0v) is 22.3. The van der Waals surface area contributed by atoms with Crippen molar-refractivity contribution in [3.05, 3.63) is 121 Å². The van der Waals surface area contributed by atoms with Gasteiger partial charge < -0.3 is 14.4 Å². The quantitative estimate of drug-likeness (QED) is 0.195. The van der Waals surface area contributed by atoms with Crippen molar-refractivity contribution in [3.8, 4) is 34.3 Å². The minimum Gasteiger partial charge on any atom is -0.506 e. The van der Waals surface area contributed by atoms with Gasteiger partial charge in [-0.3, -0.25) is 0 Å². The smallest absolute Gasteiger partial charge is 0.217 e. The number of benzene rings is 4. The van der Waals surface area contributed by atoms with Gasteiger partial charge in [0.05, 0.1) is 0 Å². The Hall–Kier alpha value is -4.47. The first-order valence-corrected chi connectivity index (χ1v) is 12.0. The van der Waals surface area contributed by atoms with E-state index in [2.05, 4.69) is 32.7 Å². The van der Waals surface area contributed by atoms with Crippen LogP contribution in [0.2, 0.25) is 0 Å². The predicted molar refractivity (Wildman–Crippen MR) is 146 cm³/mol. The molecule has 0 atom stereocenters. The molecule has 0 amide bonds. The third-order valence-corrected chi connectivity index (χ3v) is 6.54. The van der Waals surface area contributed by atoms with E-state index < -0.39 is 0 Å². The van der Waals surface area contributed by atoms with Gasteiger partial charge in [0.25, 0.3) is 0 Å². The Morgan fingerprint density at radius 1 is 0.711 bits per heavy atom. The van der Waals surface area contributed by atoms with Gasteiger partial charge in [-0.25, -0.2) is 9.97 Å². The SMILES string of the molecule is Oc1ccc(-c2ccccc2)c2ccc(Oc3[c-]c4c(cc3)c3ccccc3n4-c3ccccn3)nc12.[Pt]. The van der Waals surface area contributed by atoms with E-state index in [9.17, 15) is 5.11 Å². The van der Waals surface area contributed by atoms with Gasteiger partial charge >= 0.3 is 0 Å². The van der Waals surface area contributed by atoms with Crippen LogP contribution in [-0.4, -0.2) is 19.6 Å². The predicted octanol–water partition coefficient (Wildman–Crippen LogP) is 7.69. The molecule has 7 aromatic rings. The Morgan fingerprint density at radius 3 is 2.34 bits per heavy atom. The van der Waals surface area contributed by atoms with E-state index >= 15 is 0 Å². The number of aromatic hydroxyl groups is 1. The number of ether oxygens (including phenoxy) is 1. The van der Waals surface area contributed by atoms with Crippen molar-refractivity contribution in [1.82, 2.24) is 14.5 Å². The van der Waals surface area contributed by atoms with Crippen molar-refractivity contribution in [2.45, 2.75) is 0 Å². The summed E-state index contributed by atoms with van der Waals surface area (Å²) in [6.07, 6.45) is 1.78. The Kier molecular flexibility index (Phi) is 6.14. The summed E-state index contributed by atoms with van der Waals surface area (Å²) in [5.41, 5.74) is 4.46. The maximum atomic E-state index is 10.6. The van der Waals surface area contributed by atoms with Crippen LogP contribution in [0.4, 0.5) is 0 Å². The van der Waals surface area contributed by atoms with Gasteiger partial charge in [-0.1, -0.05) is 60.1 Å². The number of rotatable bonds is 4. The Labute approximate surface area is 233 Å². The molecule has 0 unspecified atom stereocenters. The first kappa shape index (κ1) is 23.9. The van der Waals surface area contributed by atoms with E-state index in [1.807, 2.05) is 91.0 Å². The van der Waals surface area contributed by atoms with Crippen molar-refractivity contribution < 1.29 is 30.9 Å². The van der Waals surface area contributed by atoms with Crippen molar-refractivity contribution in [3.63, 3.8) is 0 Å². The first-order valence-electron chi connectivity index (χ1n) is 12.0. The van der Waals surface area contributed by atoms with E-state index in [4.69, 9.17) is 4.74 Å². The first-order chi connectivity index (χ1) is 18.3. The van der Waals surface area contributed by atoms with Crippen LogP contribution in [0.3, 0.4) is 0 Å². The van der Waals surface area contributed by atoms with Crippen LogP contribution in [0.15, 0.2) is 115 Å². The molecule has 38 heavy (non-hydrogen) atoms. The molecule has 0 radical (unpaired) electrons. The van der Waals surface area contributed by atoms with Crippen LogP contribution in [0.5, 0.6) is 17.4 Å². The van der Waals surface area contributed by atoms with Crippen molar-refractivity contribution in [1.29, 1.82) is 0 Å². The number of hydrogen-bond acceptors (Lipinski definition) is 4. The number of phenols is 1. The molecule has 0 aliphatic heterocycles. The number of aromatic nitrogens is 3. The third kappa shape index (κ3) is 4.02. The van der Waals surface area contributed by atoms with Crippen LogP contribution in [0.25, 0.3) is 49.7 Å². The molecular formula is C32H20N3O2Pt-. The largest absolute Gasteiger partial charge is 0.506 e. The minimum absolute atomic E-state index is 0. The summed E-state index contributed by atoms with van der Waals surface area (Å²) in [5.74, 6) is 1.82. The van der Waals surface area contributed by atoms with Gasteiger partial charge in [-0.15, -0.1) is 17.5 Å². The molecule has 0 saturated carbocycles. The van der Waals surface area contributed by atoms with Gasteiger partial charge in [-0.05, 0) is 52.9 Å². The van der Waals surface area contributed by atoms with Crippen LogP contribution in [-0.2, 0) is 21.1 Å². The molecule has 186 valence electrons. The maximum absolute atomic E-state index is 10.6. The fourth-order valence-corrected chi connectivity index (χ4v) is 4.88. The summed E-state index contributed by atoms with van der Waals surface area (Å²) in [4.78, 5) is 9.22. The Morgan fingerprint density at radius 2 is 1.50 bits per heavy atom. The molecule has 6 heteroatoms. The normalized spacial score (nSPS) is 11.1. The number of hydrogen-bond donors (Lipinski definition) is 1. The summed E-state index contributed by atoms with van der Waals surface area (Å²) < 4.78 is 8.26. The van der Waals surface area contributed by atoms with E-state index in [0.29, 0.717) is 17.1 Å². The topological polar surface area (TPSA) is 60.2 Å². The van der Waals surface area contributed by atoms with Crippen molar-refractivity contribution >= 4 is 32.7 Å². The van der Waals surface area contributed by atoms with Gasteiger partial charge in [0, 0.05) is 50.0 Å². The average Bonchev–Trinajstić information content (AvgIpc) is 3.28. The molecule has 0 aliphatic rings. The molecule has 1 N–H and O–H groups in total. The fourth-order valence-electron chi connectivity index (χ4n) is 4.88. The number of pyridine rings is 2. The molecule has 4 aromatic carbocycles. The number of nitrogens with zero attached hydrogens (tertiary/aromatic N) is 3. The summed E-state index contributed by atoms with van der Waals surface area (Å²) in [6, 6.07) is 38.8. The van der Waals surface area contributed by atoms with Crippen molar-refractivity contribution in [2.24, 2.45) is 0 Å². The van der Waals surface area contributed by atoms with Crippen LogP contribution >= 0.6 is 0 Å². The van der Waals surface area contributed by atoms with Gasteiger partial charge in [0.2, 0.25) is 5.88 Å². The summed E-state index contributed by atoms with van der Waals surface area (Å²) in [6.45, 7) is 0. The van der Waals surface area contributed by atoms with Crippen LogP contribution in [0.1, 0.15) is 0 Å². The molecular weight excluding hydrogens is 653 g/mol. The molecule has 0 spiro atoms. The molecule has 0 aliphatic carbocycles. The Balaban J connectivity index is 0.00000264. The van der Waals surface area contributed by atoms with E-state index in [-0.39, 0.29) is 26.8 Å². The third-order valence-electron chi connectivity index (χ3n) is 6.54. The summed E-state index contributed by atoms with van der Waals surface area (Å²) in [7, 11) is 0. The molecule has 0 fully saturated rings. The minimum atomic E-state index is 0. The maximum Gasteiger partial charge on any atom is 0.217 e. The van der Waals surface area contributed by atoms with Crippen LogP contribution in [0, 0.1) is 6.07 Å². The number of para-hydroxylation sites is 1. The van der Waals surface area contributed by atoms with E-state index in [1.54, 1.807) is 12.3 Å². The molecule has 0 saturated heterocycles. The molecule has 3 heterocycles. The van der Waals surface area contributed by atoms with Crippen LogP contribution < -0.4 is 4.74 Å².